The van der Waals surface area contributed by atoms with E-state index in [4.69, 9.17) is 53.4 Å². The van der Waals surface area contributed by atoms with Gasteiger partial charge in [-0.05, 0) is 80.6 Å². The summed E-state index contributed by atoms with van der Waals surface area (Å²) in [7, 11) is 3.29. The summed E-state index contributed by atoms with van der Waals surface area (Å²) in [5.41, 5.74) is 5.28. The third kappa shape index (κ3) is 12.6. The molecule has 54 heavy (non-hydrogen) atoms. The lowest BCUT2D eigenvalue weighted by Gasteiger charge is -2.14. The average molecular weight is 741 g/mol. The molecule has 0 aliphatic rings. The monoisotopic (exact) mass is 740 g/mol. The van der Waals surface area contributed by atoms with Crippen molar-refractivity contribution in [2.24, 2.45) is 0 Å². The van der Waals surface area contributed by atoms with E-state index in [9.17, 15) is 0 Å². The van der Waals surface area contributed by atoms with Gasteiger partial charge >= 0.3 is 0 Å². The summed E-state index contributed by atoms with van der Waals surface area (Å²) >= 11 is 0. The number of hydrogen-bond donors (Lipinski definition) is 0. The molecule has 286 valence electrons. The molecule has 0 saturated heterocycles. The zero-order chi connectivity index (χ0) is 38.0. The van der Waals surface area contributed by atoms with Crippen LogP contribution in [0.15, 0.2) is 87.9 Å². The van der Waals surface area contributed by atoms with Crippen LogP contribution in [0.2, 0.25) is 0 Å². The summed E-state index contributed by atoms with van der Waals surface area (Å²) in [6, 6.07) is 24.7. The van der Waals surface area contributed by atoms with Gasteiger partial charge in [-0.2, -0.15) is 0 Å². The van der Waals surface area contributed by atoms with Gasteiger partial charge in [0.2, 0.25) is 0 Å². The summed E-state index contributed by atoms with van der Waals surface area (Å²) in [5, 5.41) is 8.63. The van der Waals surface area contributed by atoms with Gasteiger partial charge in [0.25, 0.3) is 0 Å². The van der Waals surface area contributed by atoms with Crippen molar-refractivity contribution < 1.29 is 46.9 Å². The highest BCUT2D eigenvalue weighted by molar-refractivity contribution is 5.75. The van der Waals surface area contributed by atoms with E-state index in [1.807, 2.05) is 92.7 Å². The molecule has 0 fully saturated rings. The molecule has 0 spiro atoms. The number of benzene rings is 3. The molecule has 12 heteroatoms. The van der Waals surface area contributed by atoms with Crippen molar-refractivity contribution in [3.05, 3.63) is 84.4 Å². The van der Waals surface area contributed by atoms with Crippen molar-refractivity contribution in [1.82, 2.24) is 10.3 Å². The first-order valence-electron chi connectivity index (χ1n) is 17.8. The first kappa shape index (κ1) is 40.2. The Balaban J connectivity index is 1.15. The number of nitrogens with zero attached hydrogens (tertiary/aromatic N) is 2. The molecule has 5 aromatic rings. The van der Waals surface area contributed by atoms with Crippen LogP contribution in [0.4, 0.5) is 0 Å². The maximum Gasteiger partial charge on any atom is 0.167 e. The van der Waals surface area contributed by atoms with Crippen LogP contribution in [0.1, 0.15) is 19.4 Å². The van der Waals surface area contributed by atoms with Crippen LogP contribution >= 0.6 is 0 Å². The topological polar surface area (TPSA) is 126 Å². The summed E-state index contributed by atoms with van der Waals surface area (Å²) in [5.74, 6) is 5.30. The molecular weight excluding hydrogens is 692 g/mol. The van der Waals surface area contributed by atoms with E-state index < -0.39 is 0 Å². The van der Waals surface area contributed by atoms with Gasteiger partial charge in [0.05, 0.1) is 65.1 Å². The molecule has 0 N–H and O–H groups in total. The van der Waals surface area contributed by atoms with Gasteiger partial charge in [-0.1, -0.05) is 16.2 Å². The van der Waals surface area contributed by atoms with Gasteiger partial charge in [-0.3, -0.25) is 0 Å². The second-order valence-corrected chi connectivity index (χ2v) is 12.3. The molecule has 5 rings (SSSR count). The van der Waals surface area contributed by atoms with Crippen molar-refractivity contribution in [3.63, 3.8) is 0 Å². The van der Waals surface area contributed by atoms with Gasteiger partial charge < -0.3 is 46.9 Å². The lowest BCUT2D eigenvalue weighted by Crippen LogP contribution is -2.20. The summed E-state index contributed by atoms with van der Waals surface area (Å²) < 4.78 is 55.6. The average Bonchev–Trinajstić information content (AvgIpc) is 3.91. The largest absolute Gasteiger partial charge is 0.491 e. The van der Waals surface area contributed by atoms with E-state index in [0.29, 0.717) is 94.5 Å². The standard InChI is InChI=1S/C42H48N2O10/c1-6-32-23-35(41-26-39(43-53-41)33-7-11-37(12-8-33)51-28-30(2)49-21-19-47-17-15-45-4)25-36(24-32)42-27-40(44-54-42)34-9-13-38(14-10-34)52-29-31(3)50-22-20-48-18-16-46-5/h1,7-14,23-27,30-31H,15-22,28-29H2,2-5H3/t30-,31-/m0/s1. The maximum absolute atomic E-state index is 5.91. The fraction of sp³-hybridized carbons (Fsp3) is 0.381. The Labute approximate surface area is 316 Å². The van der Waals surface area contributed by atoms with Gasteiger partial charge in [-0.25, -0.2) is 0 Å². The molecule has 0 amide bonds. The third-order valence-corrected chi connectivity index (χ3v) is 8.08. The first-order chi connectivity index (χ1) is 26.4. The Kier molecular flexibility index (Phi) is 16.1. The lowest BCUT2D eigenvalue weighted by molar-refractivity contribution is -0.0144. The van der Waals surface area contributed by atoms with Crippen LogP contribution < -0.4 is 9.47 Å². The highest BCUT2D eigenvalue weighted by Gasteiger charge is 2.15. The number of hydrogen-bond acceptors (Lipinski definition) is 12. The Morgan fingerprint density at radius 2 is 0.981 bits per heavy atom. The number of methoxy groups -OCH3 is 2. The third-order valence-electron chi connectivity index (χ3n) is 8.08. The molecule has 0 saturated carbocycles. The quantitative estimate of drug-likeness (QED) is 0.0469. The van der Waals surface area contributed by atoms with Gasteiger partial charge in [0.15, 0.2) is 11.5 Å². The van der Waals surface area contributed by atoms with Crippen molar-refractivity contribution >= 4 is 0 Å². The van der Waals surface area contributed by atoms with Crippen molar-refractivity contribution in [3.8, 4) is 69.0 Å². The molecular formula is C42H48N2O10. The zero-order valence-electron chi connectivity index (χ0n) is 31.3. The highest BCUT2D eigenvalue weighted by Crippen LogP contribution is 2.33. The molecule has 0 radical (unpaired) electrons. The molecule has 0 aliphatic carbocycles. The number of rotatable bonds is 24. The van der Waals surface area contributed by atoms with E-state index in [-0.39, 0.29) is 12.2 Å². The van der Waals surface area contributed by atoms with Crippen molar-refractivity contribution in [1.29, 1.82) is 0 Å². The predicted molar refractivity (Wildman–Crippen MR) is 203 cm³/mol. The minimum atomic E-state index is -0.0864. The number of ether oxygens (including phenoxy) is 8. The predicted octanol–water partition coefficient (Wildman–Crippen LogP) is 7.21. The molecule has 3 aromatic carbocycles. The fourth-order valence-electron chi connectivity index (χ4n) is 5.16. The molecule has 0 aliphatic heterocycles. The minimum absolute atomic E-state index is 0.0864. The lowest BCUT2D eigenvalue weighted by atomic mass is 10.0. The van der Waals surface area contributed by atoms with Crippen LogP contribution in [0.5, 0.6) is 11.5 Å². The van der Waals surface area contributed by atoms with E-state index in [0.717, 1.165) is 33.8 Å². The zero-order valence-corrected chi connectivity index (χ0v) is 31.3. The number of aromatic nitrogens is 2. The van der Waals surface area contributed by atoms with Gasteiger partial charge in [0, 0.05) is 54.2 Å². The van der Waals surface area contributed by atoms with Gasteiger partial charge in [0.1, 0.15) is 36.1 Å². The molecule has 2 aromatic heterocycles. The smallest absolute Gasteiger partial charge is 0.167 e. The maximum atomic E-state index is 5.91. The van der Waals surface area contributed by atoms with Crippen LogP contribution in [0.3, 0.4) is 0 Å². The fourth-order valence-corrected chi connectivity index (χ4v) is 5.16. The normalized spacial score (nSPS) is 12.4. The summed E-state index contributed by atoms with van der Waals surface area (Å²) in [6.45, 7) is 8.97. The molecule has 2 atom stereocenters. The second kappa shape index (κ2) is 21.6. The van der Waals surface area contributed by atoms with E-state index in [1.165, 1.54) is 0 Å². The van der Waals surface area contributed by atoms with Gasteiger partial charge in [-0.15, -0.1) is 6.42 Å². The van der Waals surface area contributed by atoms with Crippen molar-refractivity contribution in [2.75, 3.05) is 80.3 Å². The van der Waals surface area contributed by atoms with E-state index in [1.54, 1.807) is 14.2 Å². The van der Waals surface area contributed by atoms with E-state index >= 15 is 0 Å². The SMILES string of the molecule is C#Cc1cc(-c2cc(-c3ccc(OC[C@H](C)OCCOCCOC)cc3)no2)cc(-c2cc(-c3ccc(OC[C@H](C)OCCOCCOC)cc3)no2)c1. The highest BCUT2D eigenvalue weighted by atomic mass is 16.6. The molecule has 12 nitrogen and oxygen atoms in total. The Bertz CT molecular complexity index is 1740. The van der Waals surface area contributed by atoms with Crippen LogP contribution in [-0.4, -0.2) is 103 Å². The summed E-state index contributed by atoms with van der Waals surface area (Å²) in [6.07, 6.45) is 5.67. The Morgan fingerprint density at radius 3 is 1.39 bits per heavy atom. The van der Waals surface area contributed by atoms with Crippen LogP contribution in [0, 0.1) is 12.3 Å². The first-order valence-corrected chi connectivity index (χ1v) is 17.8. The summed E-state index contributed by atoms with van der Waals surface area (Å²) in [4.78, 5) is 0. The number of terminal acetylenes is 1. The minimum Gasteiger partial charge on any atom is -0.491 e. The Hall–Kier alpha value is -5.00. The van der Waals surface area contributed by atoms with Crippen LogP contribution in [0.25, 0.3) is 45.2 Å². The molecule has 0 unspecified atom stereocenters. The second-order valence-electron chi connectivity index (χ2n) is 12.3. The molecule has 2 heterocycles. The van der Waals surface area contributed by atoms with E-state index in [2.05, 4.69) is 16.2 Å². The molecule has 0 bridgehead atoms. The Morgan fingerprint density at radius 1 is 0.556 bits per heavy atom. The van der Waals surface area contributed by atoms with Crippen molar-refractivity contribution in [2.45, 2.75) is 26.1 Å². The van der Waals surface area contributed by atoms with Crippen LogP contribution in [-0.2, 0) is 28.4 Å².